The van der Waals surface area contributed by atoms with E-state index in [2.05, 4.69) is 4.98 Å². The van der Waals surface area contributed by atoms with Crippen LogP contribution in [0.2, 0.25) is 0 Å². The zero-order valence-electron chi connectivity index (χ0n) is 7.07. The topological polar surface area (TPSA) is 50.2 Å². The lowest BCUT2D eigenvalue weighted by Gasteiger charge is -2.00. The maximum Gasteiger partial charge on any atom is 0.338 e. The minimum Gasteiger partial charge on any atom is -0.478 e. The highest BCUT2D eigenvalue weighted by Gasteiger charge is 2.10. The molecule has 0 aliphatic rings. The molecule has 0 saturated heterocycles. The second kappa shape index (κ2) is 3.06. The van der Waals surface area contributed by atoms with E-state index in [1.54, 1.807) is 6.07 Å². The van der Waals surface area contributed by atoms with Gasteiger partial charge in [0.05, 0.1) is 5.56 Å². The predicted molar refractivity (Wildman–Crippen MR) is 48.7 cm³/mol. The van der Waals surface area contributed by atoms with Crippen LogP contribution in [0.5, 0.6) is 0 Å². The van der Waals surface area contributed by atoms with Crippen LogP contribution in [0.4, 0.5) is 4.39 Å². The number of aromatic carboxylic acids is 1. The van der Waals surface area contributed by atoms with Gasteiger partial charge in [0, 0.05) is 17.8 Å². The molecular formula is C10H6FNO2. The second-order valence-electron chi connectivity index (χ2n) is 2.86. The summed E-state index contributed by atoms with van der Waals surface area (Å²) in [5.41, 5.74) is -0.328. The molecule has 0 aliphatic carbocycles. The summed E-state index contributed by atoms with van der Waals surface area (Å²) in [5.74, 6) is -2.00. The average molecular weight is 191 g/mol. The molecule has 0 bridgehead atoms. The molecule has 1 aromatic heterocycles. The van der Waals surface area contributed by atoms with Gasteiger partial charge in [0.15, 0.2) is 0 Å². The standard InChI is InChI=1S/C10H6FNO2/c11-9-4-6-1-2-12-5-7(6)3-8(9)10(13)14/h1-5H,(H,13,14). The molecule has 0 fully saturated rings. The maximum absolute atomic E-state index is 13.2. The van der Waals surface area contributed by atoms with Gasteiger partial charge >= 0.3 is 5.97 Å². The number of pyridine rings is 1. The van der Waals surface area contributed by atoms with Crippen molar-refractivity contribution in [2.45, 2.75) is 0 Å². The van der Waals surface area contributed by atoms with Gasteiger partial charge in [0.1, 0.15) is 5.82 Å². The minimum absolute atomic E-state index is 0.328. The lowest BCUT2D eigenvalue weighted by Crippen LogP contribution is -2.00. The van der Waals surface area contributed by atoms with Crippen molar-refractivity contribution in [3.05, 3.63) is 42.0 Å². The van der Waals surface area contributed by atoms with Crippen molar-refractivity contribution >= 4 is 16.7 Å². The molecule has 4 heteroatoms. The minimum atomic E-state index is -1.27. The zero-order chi connectivity index (χ0) is 10.1. The summed E-state index contributed by atoms with van der Waals surface area (Å²) in [7, 11) is 0. The lowest BCUT2D eigenvalue weighted by atomic mass is 10.1. The number of carboxylic acid groups (broad SMARTS) is 1. The van der Waals surface area contributed by atoms with E-state index in [0.717, 1.165) is 0 Å². The van der Waals surface area contributed by atoms with E-state index in [1.807, 2.05) is 0 Å². The molecule has 0 atom stereocenters. The number of halogens is 1. The summed E-state index contributed by atoms with van der Waals surface area (Å²) < 4.78 is 13.2. The molecule has 1 heterocycles. The monoisotopic (exact) mass is 191 g/mol. The molecule has 0 amide bonds. The molecule has 0 aliphatic heterocycles. The van der Waals surface area contributed by atoms with Crippen LogP contribution in [-0.4, -0.2) is 16.1 Å². The number of benzene rings is 1. The number of aromatic nitrogens is 1. The molecule has 2 aromatic rings. The first-order chi connectivity index (χ1) is 6.68. The van der Waals surface area contributed by atoms with Crippen LogP contribution in [0.25, 0.3) is 10.8 Å². The number of carboxylic acids is 1. The Morgan fingerprint density at radius 2 is 2.14 bits per heavy atom. The molecule has 0 unspecified atom stereocenters. The van der Waals surface area contributed by atoms with Gasteiger partial charge in [-0.25, -0.2) is 9.18 Å². The SMILES string of the molecule is O=C(O)c1cc2cnccc2cc1F. The van der Waals surface area contributed by atoms with E-state index in [4.69, 9.17) is 5.11 Å². The van der Waals surface area contributed by atoms with Gasteiger partial charge in [0.25, 0.3) is 0 Å². The molecule has 1 N–H and O–H groups in total. The van der Waals surface area contributed by atoms with Crippen LogP contribution >= 0.6 is 0 Å². The van der Waals surface area contributed by atoms with Gasteiger partial charge in [-0.2, -0.15) is 0 Å². The number of hydrogen-bond acceptors (Lipinski definition) is 2. The molecule has 1 aromatic carbocycles. The first-order valence-corrected chi connectivity index (χ1v) is 3.95. The van der Waals surface area contributed by atoms with Crippen LogP contribution in [0, 0.1) is 5.82 Å². The van der Waals surface area contributed by atoms with E-state index < -0.39 is 11.8 Å². The largest absolute Gasteiger partial charge is 0.478 e. The molecular weight excluding hydrogens is 185 g/mol. The van der Waals surface area contributed by atoms with Crippen molar-refractivity contribution in [1.29, 1.82) is 0 Å². The first-order valence-electron chi connectivity index (χ1n) is 3.95. The maximum atomic E-state index is 13.2. The Morgan fingerprint density at radius 3 is 2.86 bits per heavy atom. The van der Waals surface area contributed by atoms with Crippen LogP contribution in [0.1, 0.15) is 10.4 Å². The number of fused-ring (bicyclic) bond motifs is 1. The summed E-state index contributed by atoms with van der Waals surface area (Å²) in [6.45, 7) is 0. The van der Waals surface area contributed by atoms with Gasteiger partial charge in [-0.05, 0) is 23.6 Å². The van der Waals surface area contributed by atoms with Gasteiger partial charge in [-0.15, -0.1) is 0 Å². The summed E-state index contributed by atoms with van der Waals surface area (Å²) in [6, 6.07) is 4.10. The summed E-state index contributed by atoms with van der Waals surface area (Å²) >= 11 is 0. The Kier molecular flexibility index (Phi) is 1.89. The van der Waals surface area contributed by atoms with Crippen molar-refractivity contribution in [3.63, 3.8) is 0 Å². The Labute approximate surface area is 78.8 Å². The van der Waals surface area contributed by atoms with E-state index in [9.17, 15) is 9.18 Å². The molecule has 3 nitrogen and oxygen atoms in total. The van der Waals surface area contributed by atoms with E-state index in [1.165, 1.54) is 24.5 Å². The van der Waals surface area contributed by atoms with Gasteiger partial charge in [-0.3, -0.25) is 4.98 Å². The number of hydrogen-bond donors (Lipinski definition) is 1. The predicted octanol–water partition coefficient (Wildman–Crippen LogP) is 2.07. The van der Waals surface area contributed by atoms with Crippen LogP contribution in [0.3, 0.4) is 0 Å². The molecule has 14 heavy (non-hydrogen) atoms. The fourth-order valence-corrected chi connectivity index (χ4v) is 1.27. The summed E-state index contributed by atoms with van der Waals surface area (Å²) in [6.07, 6.45) is 3.03. The number of nitrogens with zero attached hydrogens (tertiary/aromatic N) is 1. The van der Waals surface area contributed by atoms with Crippen LogP contribution in [0.15, 0.2) is 30.6 Å². The lowest BCUT2D eigenvalue weighted by molar-refractivity contribution is 0.0692. The number of carbonyl (C=O) groups is 1. The summed E-state index contributed by atoms with van der Waals surface area (Å²) in [4.78, 5) is 14.4. The van der Waals surface area contributed by atoms with Crippen molar-refractivity contribution in [3.8, 4) is 0 Å². The fourth-order valence-electron chi connectivity index (χ4n) is 1.27. The summed E-state index contributed by atoms with van der Waals surface area (Å²) in [5, 5.41) is 9.92. The van der Waals surface area contributed by atoms with Crippen LogP contribution < -0.4 is 0 Å². The smallest absolute Gasteiger partial charge is 0.338 e. The molecule has 0 saturated carbocycles. The molecule has 0 spiro atoms. The van der Waals surface area contributed by atoms with Crippen molar-refractivity contribution < 1.29 is 14.3 Å². The third-order valence-corrected chi connectivity index (χ3v) is 1.96. The molecule has 2 rings (SSSR count). The average Bonchev–Trinajstić information content (AvgIpc) is 2.16. The van der Waals surface area contributed by atoms with Gasteiger partial charge in [0.2, 0.25) is 0 Å². The van der Waals surface area contributed by atoms with Crippen molar-refractivity contribution in [2.75, 3.05) is 0 Å². The Morgan fingerprint density at radius 1 is 1.36 bits per heavy atom. The van der Waals surface area contributed by atoms with Crippen molar-refractivity contribution in [1.82, 2.24) is 4.98 Å². The third-order valence-electron chi connectivity index (χ3n) is 1.96. The molecule has 0 radical (unpaired) electrons. The Bertz CT molecular complexity index is 510. The highest BCUT2D eigenvalue weighted by atomic mass is 19.1. The van der Waals surface area contributed by atoms with E-state index in [-0.39, 0.29) is 5.56 Å². The van der Waals surface area contributed by atoms with Gasteiger partial charge in [-0.1, -0.05) is 0 Å². The van der Waals surface area contributed by atoms with Crippen molar-refractivity contribution in [2.24, 2.45) is 0 Å². The molecule has 70 valence electrons. The third kappa shape index (κ3) is 1.31. The number of rotatable bonds is 1. The normalized spacial score (nSPS) is 10.4. The highest BCUT2D eigenvalue weighted by Crippen LogP contribution is 2.17. The van der Waals surface area contributed by atoms with Crippen LogP contribution in [-0.2, 0) is 0 Å². The Balaban J connectivity index is 2.77. The van der Waals surface area contributed by atoms with Gasteiger partial charge < -0.3 is 5.11 Å². The zero-order valence-corrected chi connectivity index (χ0v) is 7.07. The van der Waals surface area contributed by atoms with E-state index in [0.29, 0.717) is 10.8 Å². The second-order valence-corrected chi connectivity index (χ2v) is 2.86. The first kappa shape index (κ1) is 8.62. The quantitative estimate of drug-likeness (QED) is 0.750. The Hall–Kier alpha value is -1.97. The van der Waals surface area contributed by atoms with E-state index >= 15 is 0 Å². The fraction of sp³-hybridized carbons (Fsp3) is 0. The highest BCUT2D eigenvalue weighted by molar-refractivity contribution is 5.94.